The van der Waals surface area contributed by atoms with Crippen LogP contribution in [0.5, 0.6) is 0 Å². The molecule has 0 aliphatic rings. The summed E-state index contributed by atoms with van der Waals surface area (Å²) in [4.78, 5) is 73.2. The van der Waals surface area contributed by atoms with Gasteiger partial charge in [0.15, 0.2) is 12.2 Å². The van der Waals surface area contributed by atoms with Crippen LogP contribution < -0.4 is 0 Å². The quantitative estimate of drug-likeness (QED) is 0.0169. The van der Waals surface area contributed by atoms with Gasteiger partial charge in [-0.05, 0) is 148 Å². The number of phosphoric acid groups is 2. The van der Waals surface area contributed by atoms with Gasteiger partial charge in [0, 0.05) is 25.7 Å². The number of carbonyl (C=O) groups excluding carboxylic acids is 4. The fourth-order valence-electron chi connectivity index (χ4n) is 10.5. The zero-order valence-electron chi connectivity index (χ0n) is 69.3. The maximum atomic E-state index is 13.1. The first-order chi connectivity index (χ1) is 54.7. The van der Waals surface area contributed by atoms with Crippen LogP contribution >= 0.6 is 15.6 Å². The number of esters is 4. The van der Waals surface area contributed by atoms with Gasteiger partial charge in [0.05, 0.1) is 26.4 Å². The molecule has 0 heterocycles. The molecule has 0 aliphatic heterocycles. The van der Waals surface area contributed by atoms with Gasteiger partial charge in [0.25, 0.3) is 0 Å². The van der Waals surface area contributed by atoms with Crippen molar-refractivity contribution in [3.05, 3.63) is 207 Å². The number of rotatable bonds is 77. The second kappa shape index (κ2) is 82.6. The van der Waals surface area contributed by atoms with Crippen molar-refractivity contribution in [1.82, 2.24) is 0 Å². The number of hydrogen-bond acceptors (Lipinski definition) is 15. The Hall–Kier alpha value is -6.36. The largest absolute Gasteiger partial charge is 0.472 e. The van der Waals surface area contributed by atoms with Crippen LogP contribution in [-0.2, 0) is 65.4 Å². The normalized spacial score (nSPS) is 14.8. The van der Waals surface area contributed by atoms with Crippen molar-refractivity contribution in [3.63, 3.8) is 0 Å². The summed E-state index contributed by atoms with van der Waals surface area (Å²) in [6.07, 6.45) is 104. The minimum absolute atomic E-state index is 0.0187. The molecule has 0 aliphatic carbocycles. The molecule has 0 radical (unpaired) electrons. The Morgan fingerprint density at radius 1 is 0.259 bits per heavy atom. The molecule has 632 valence electrons. The van der Waals surface area contributed by atoms with Gasteiger partial charge in [-0.3, -0.25) is 37.3 Å². The first-order valence-corrected chi connectivity index (χ1v) is 45.3. The van der Waals surface area contributed by atoms with Crippen molar-refractivity contribution in [2.75, 3.05) is 39.6 Å². The van der Waals surface area contributed by atoms with Gasteiger partial charge in [0.2, 0.25) is 0 Å². The number of hydrogen-bond donors (Lipinski definition) is 3. The summed E-state index contributed by atoms with van der Waals surface area (Å²) in [5.41, 5.74) is 0. The lowest BCUT2D eigenvalue weighted by Crippen LogP contribution is -2.30. The lowest BCUT2D eigenvalue weighted by molar-refractivity contribution is -0.161. The zero-order valence-corrected chi connectivity index (χ0v) is 71.0. The zero-order chi connectivity index (χ0) is 81.7. The molecule has 17 nitrogen and oxygen atoms in total. The van der Waals surface area contributed by atoms with Crippen molar-refractivity contribution in [3.8, 4) is 0 Å². The van der Waals surface area contributed by atoms with Crippen LogP contribution in [0.3, 0.4) is 0 Å². The van der Waals surface area contributed by atoms with E-state index in [1.54, 1.807) is 0 Å². The van der Waals surface area contributed by atoms with Crippen molar-refractivity contribution < 1.29 is 80.2 Å². The summed E-state index contributed by atoms with van der Waals surface area (Å²) in [5.74, 6) is -2.42. The summed E-state index contributed by atoms with van der Waals surface area (Å²) < 4.78 is 68.6. The Labute approximate surface area is 678 Å². The van der Waals surface area contributed by atoms with Crippen LogP contribution in [-0.4, -0.2) is 96.7 Å². The average Bonchev–Trinajstić information content (AvgIpc) is 0.898. The van der Waals surface area contributed by atoms with Crippen LogP contribution in [0.1, 0.15) is 297 Å². The minimum Gasteiger partial charge on any atom is -0.462 e. The monoisotopic (exact) mass is 1600 g/mol. The highest BCUT2D eigenvalue weighted by Gasteiger charge is 2.30. The Balaban J connectivity index is 5.56. The second-order valence-electron chi connectivity index (χ2n) is 27.3. The smallest absolute Gasteiger partial charge is 0.462 e. The lowest BCUT2D eigenvalue weighted by Gasteiger charge is -2.21. The van der Waals surface area contributed by atoms with Gasteiger partial charge in [-0.15, -0.1) is 0 Å². The highest BCUT2D eigenvalue weighted by molar-refractivity contribution is 7.47. The van der Waals surface area contributed by atoms with E-state index in [1.807, 2.05) is 36.5 Å². The van der Waals surface area contributed by atoms with Gasteiger partial charge in [-0.2, -0.15) is 0 Å². The third-order valence-electron chi connectivity index (χ3n) is 16.8. The van der Waals surface area contributed by atoms with Gasteiger partial charge in [-0.1, -0.05) is 331 Å². The highest BCUT2D eigenvalue weighted by atomic mass is 31.2. The number of aliphatic hydroxyl groups excluding tert-OH is 1. The summed E-state index contributed by atoms with van der Waals surface area (Å²) in [7, 11) is -10.0. The Bertz CT molecular complexity index is 2940. The van der Waals surface area contributed by atoms with E-state index in [4.69, 9.17) is 37.0 Å². The summed E-state index contributed by atoms with van der Waals surface area (Å²) >= 11 is 0. The molecule has 2 unspecified atom stereocenters. The second-order valence-corrected chi connectivity index (χ2v) is 30.2. The Kier molecular flexibility index (Phi) is 77.9. The van der Waals surface area contributed by atoms with Crippen molar-refractivity contribution in [2.24, 2.45) is 0 Å². The van der Waals surface area contributed by atoms with E-state index in [0.29, 0.717) is 38.5 Å². The van der Waals surface area contributed by atoms with Crippen LogP contribution in [0, 0.1) is 0 Å². The molecule has 112 heavy (non-hydrogen) atoms. The van der Waals surface area contributed by atoms with Gasteiger partial charge >= 0.3 is 39.5 Å². The molecular formula is C93H148O17P2. The molecular weight excluding hydrogens is 1450 g/mol. The third kappa shape index (κ3) is 81.6. The first-order valence-electron chi connectivity index (χ1n) is 42.3. The maximum Gasteiger partial charge on any atom is 0.472 e. The fourth-order valence-corrected chi connectivity index (χ4v) is 12.1. The van der Waals surface area contributed by atoms with Gasteiger partial charge in [-0.25, -0.2) is 9.13 Å². The molecule has 0 saturated heterocycles. The van der Waals surface area contributed by atoms with Crippen LogP contribution in [0.4, 0.5) is 0 Å². The van der Waals surface area contributed by atoms with Gasteiger partial charge < -0.3 is 33.8 Å². The number of unbranched alkanes of at least 4 members (excludes halogenated alkanes) is 17. The number of aliphatic hydroxyl groups is 1. The van der Waals surface area contributed by atoms with Gasteiger partial charge in [0.1, 0.15) is 19.3 Å². The molecule has 0 aromatic heterocycles. The Morgan fingerprint density at radius 3 is 0.750 bits per heavy atom. The number of carbonyl (C=O) groups is 4. The standard InChI is InChI=1S/C93H148O17P2/c1-5-9-13-17-21-25-29-33-37-40-43-46-50-53-57-61-65-69-73-77-90(95)103-83-88(109-92(97)79-75-71-67-63-59-55-49-36-32-28-24-20-16-12-8-4)85-107-111(99,100)105-81-87(94)82-106-112(101,102)108-86-89(110-93(98)80-76-72-68-64-60-56-52-48-45-42-39-35-31-27-23-19-15-11-7-3)84-104-91(96)78-74-70-66-62-58-54-51-47-44-41-38-34-30-26-22-18-14-10-6-2/h9-11,13-15,21-23,25-27,33-35,37-39,43-48,53-54,56-58,60,65-66,69-70,87-89,94H,5-8,12,16-20,24,28-32,36,40-42,49-52,55,59,61-64,67-68,71-86H2,1-4H3,(H,99,100)(H,101,102)/b13-9-,14-10-,15-11-,25-21-,26-22-,27-23-,37-33-,38-34-,39-35-,46-43-,47-44-,48-45-,57-53-,58-54-,60-56-,69-65-,70-66-/t87-,88+,89+/m0/s1. The summed E-state index contributed by atoms with van der Waals surface area (Å²) in [5, 5.41) is 10.7. The molecule has 0 fully saturated rings. The molecule has 3 N–H and O–H groups in total. The number of ether oxygens (including phenoxy) is 4. The topological polar surface area (TPSA) is 237 Å². The third-order valence-corrected chi connectivity index (χ3v) is 18.7. The molecule has 5 atom stereocenters. The molecule has 0 saturated carbocycles. The predicted octanol–water partition coefficient (Wildman–Crippen LogP) is 25.4. The van der Waals surface area contributed by atoms with E-state index in [0.717, 1.165) is 141 Å². The SMILES string of the molecule is CC/C=C\C/C=C\C/C=C\C/C=C\C/C=C\C/C=C\CCC(=O)OC[C@H](COP(=O)(O)OC[C@@H](O)COP(=O)(O)OC[C@@H](COC(=O)CC/C=C\C/C=C\C/C=C\C/C=C\C/C=C\C/C=C\CC)OC(=O)CCCCCCCCCCCCCCCCC)OC(=O)CCCCC/C=C\C/C=C\C/C=C\C/C=C\C/C=C\CC. The van der Waals surface area contributed by atoms with Crippen molar-refractivity contribution in [1.29, 1.82) is 0 Å². The van der Waals surface area contributed by atoms with Crippen molar-refractivity contribution in [2.45, 2.75) is 316 Å². The Morgan fingerprint density at radius 2 is 0.482 bits per heavy atom. The molecule has 19 heteroatoms. The number of phosphoric ester groups is 2. The van der Waals surface area contributed by atoms with Crippen LogP contribution in [0.15, 0.2) is 207 Å². The van der Waals surface area contributed by atoms with E-state index in [-0.39, 0.29) is 25.7 Å². The molecule has 0 aromatic carbocycles. The van der Waals surface area contributed by atoms with E-state index < -0.39 is 97.5 Å². The van der Waals surface area contributed by atoms with Crippen LogP contribution in [0.25, 0.3) is 0 Å². The molecule has 0 rings (SSSR count). The highest BCUT2D eigenvalue weighted by Crippen LogP contribution is 2.45. The molecule has 0 aromatic rings. The first kappa shape index (κ1) is 106. The summed E-state index contributed by atoms with van der Waals surface area (Å²) in [6.45, 7) is 4.32. The molecule has 0 bridgehead atoms. The van der Waals surface area contributed by atoms with E-state index in [2.05, 4.69) is 198 Å². The van der Waals surface area contributed by atoms with Crippen LogP contribution in [0.2, 0.25) is 0 Å². The summed E-state index contributed by atoms with van der Waals surface area (Å²) in [6, 6.07) is 0. The maximum absolute atomic E-state index is 13.1. The van der Waals surface area contributed by atoms with E-state index in [1.165, 1.54) is 64.2 Å². The predicted molar refractivity (Wildman–Crippen MR) is 463 cm³/mol. The lowest BCUT2D eigenvalue weighted by atomic mass is 10.0. The number of allylic oxidation sites excluding steroid dienone is 34. The fraction of sp³-hybridized carbons (Fsp3) is 0.591. The van der Waals surface area contributed by atoms with E-state index in [9.17, 15) is 43.2 Å². The minimum atomic E-state index is -5.02. The van der Waals surface area contributed by atoms with E-state index >= 15 is 0 Å². The average molecular weight is 1600 g/mol. The molecule has 0 spiro atoms. The molecule has 0 amide bonds. The van der Waals surface area contributed by atoms with Crippen molar-refractivity contribution >= 4 is 39.5 Å².